The SMILES string of the molecule is C1=CC2c3ccccc3OC2C(N(c2ccc(-c3ccccc3)cc2)c2ccc3oc4c5ccccc5c(-c5cccc(-c6ccccc6)c5)cc4c3c2-c2ccccc2)=C1. The van der Waals surface area contributed by atoms with Gasteiger partial charge in [0.1, 0.15) is 23.0 Å². The van der Waals surface area contributed by atoms with Crippen LogP contribution in [-0.4, -0.2) is 6.10 Å². The first kappa shape index (κ1) is 35.1. The van der Waals surface area contributed by atoms with Crippen molar-refractivity contribution in [3.8, 4) is 50.3 Å². The lowest BCUT2D eigenvalue weighted by molar-refractivity contribution is 0.253. The van der Waals surface area contributed by atoms with Crippen molar-refractivity contribution in [1.29, 1.82) is 0 Å². The molecule has 0 saturated carbocycles. The quantitative estimate of drug-likeness (QED) is 0.161. The summed E-state index contributed by atoms with van der Waals surface area (Å²) in [5, 5.41) is 4.40. The maximum Gasteiger partial charge on any atom is 0.149 e. The number of benzene rings is 9. The van der Waals surface area contributed by atoms with Crippen LogP contribution in [0.15, 0.2) is 235 Å². The molecule has 0 fully saturated rings. The number of fused-ring (bicyclic) bond motifs is 8. The second-order valence-corrected chi connectivity index (χ2v) is 15.9. The molecule has 0 spiro atoms. The van der Waals surface area contributed by atoms with Gasteiger partial charge in [-0.05, 0) is 92.9 Å². The summed E-state index contributed by atoms with van der Waals surface area (Å²) in [6.07, 6.45) is 6.49. The number of furan rings is 1. The summed E-state index contributed by atoms with van der Waals surface area (Å²) in [7, 11) is 0. The average molecular weight is 782 g/mol. The van der Waals surface area contributed by atoms with Crippen molar-refractivity contribution in [3.63, 3.8) is 0 Å². The highest BCUT2D eigenvalue weighted by atomic mass is 16.5. The molecule has 2 unspecified atom stereocenters. The Labute approximate surface area is 354 Å². The van der Waals surface area contributed by atoms with Gasteiger partial charge in [-0.2, -0.15) is 0 Å². The van der Waals surface area contributed by atoms with Gasteiger partial charge in [0.05, 0.1) is 11.4 Å². The van der Waals surface area contributed by atoms with E-state index in [-0.39, 0.29) is 12.0 Å². The lowest BCUT2D eigenvalue weighted by Gasteiger charge is -2.35. The molecule has 0 radical (unpaired) electrons. The van der Waals surface area contributed by atoms with Crippen LogP contribution in [0.3, 0.4) is 0 Å². The van der Waals surface area contributed by atoms with Gasteiger partial charge >= 0.3 is 0 Å². The Bertz CT molecular complexity index is 3330. The maximum absolute atomic E-state index is 7.01. The highest BCUT2D eigenvalue weighted by Gasteiger charge is 2.40. The van der Waals surface area contributed by atoms with Crippen molar-refractivity contribution in [1.82, 2.24) is 0 Å². The second-order valence-electron chi connectivity index (χ2n) is 15.9. The number of hydrogen-bond donors (Lipinski definition) is 0. The van der Waals surface area contributed by atoms with Crippen LogP contribution in [-0.2, 0) is 0 Å². The van der Waals surface area contributed by atoms with E-state index < -0.39 is 0 Å². The monoisotopic (exact) mass is 781 g/mol. The van der Waals surface area contributed by atoms with Gasteiger partial charge in [0.25, 0.3) is 0 Å². The Morgan fingerprint density at radius 3 is 1.85 bits per heavy atom. The average Bonchev–Trinajstić information content (AvgIpc) is 3.92. The molecule has 2 atom stereocenters. The van der Waals surface area contributed by atoms with E-state index in [1.807, 2.05) is 0 Å². The third-order valence-corrected chi connectivity index (χ3v) is 12.4. The predicted molar refractivity (Wildman–Crippen MR) is 252 cm³/mol. The number of nitrogens with zero attached hydrogens (tertiary/aromatic N) is 1. The fourth-order valence-electron chi connectivity index (χ4n) is 9.62. The summed E-state index contributed by atoms with van der Waals surface area (Å²) >= 11 is 0. The number of rotatable bonds is 7. The molecule has 0 saturated heterocycles. The lowest BCUT2D eigenvalue weighted by atomic mass is 9.88. The van der Waals surface area contributed by atoms with E-state index in [0.29, 0.717) is 0 Å². The molecular formula is C58H39NO2. The topological polar surface area (TPSA) is 25.6 Å². The molecule has 2 heterocycles. The molecule has 9 aromatic carbocycles. The summed E-state index contributed by atoms with van der Waals surface area (Å²) in [4.78, 5) is 2.42. The maximum atomic E-state index is 7.01. The minimum absolute atomic E-state index is 0.0847. The second kappa shape index (κ2) is 14.4. The molecule has 10 aromatic rings. The van der Waals surface area contributed by atoms with Crippen molar-refractivity contribution in [2.75, 3.05) is 4.90 Å². The largest absolute Gasteiger partial charge is 0.483 e. The van der Waals surface area contributed by atoms with E-state index in [1.165, 1.54) is 33.4 Å². The van der Waals surface area contributed by atoms with Crippen molar-refractivity contribution < 1.29 is 9.15 Å². The zero-order valence-electron chi connectivity index (χ0n) is 33.3. The first-order chi connectivity index (χ1) is 30.3. The van der Waals surface area contributed by atoms with Crippen LogP contribution in [0.25, 0.3) is 77.2 Å². The highest BCUT2D eigenvalue weighted by molar-refractivity contribution is 6.23. The summed E-state index contributed by atoms with van der Waals surface area (Å²) in [6.45, 7) is 0. The van der Waals surface area contributed by atoms with Crippen molar-refractivity contribution in [2.45, 2.75) is 12.0 Å². The summed E-state index contributed by atoms with van der Waals surface area (Å²) < 4.78 is 13.9. The molecule has 2 aliphatic rings. The van der Waals surface area contributed by atoms with Gasteiger partial charge < -0.3 is 14.1 Å². The Morgan fingerprint density at radius 2 is 1.08 bits per heavy atom. The van der Waals surface area contributed by atoms with E-state index >= 15 is 0 Å². The van der Waals surface area contributed by atoms with Crippen molar-refractivity contribution in [2.24, 2.45) is 0 Å². The highest BCUT2D eigenvalue weighted by Crippen LogP contribution is 2.51. The molecule has 288 valence electrons. The van der Waals surface area contributed by atoms with Gasteiger partial charge in [-0.25, -0.2) is 0 Å². The fourth-order valence-corrected chi connectivity index (χ4v) is 9.62. The number of hydrogen-bond acceptors (Lipinski definition) is 3. The molecule has 0 amide bonds. The smallest absolute Gasteiger partial charge is 0.149 e. The minimum Gasteiger partial charge on any atom is -0.483 e. The Hall–Kier alpha value is -7.88. The van der Waals surface area contributed by atoms with Crippen molar-refractivity contribution >= 4 is 44.1 Å². The number of allylic oxidation sites excluding steroid dienone is 2. The Balaban J connectivity index is 1.12. The summed E-state index contributed by atoms with van der Waals surface area (Å²) in [5.74, 6) is 1.02. The third-order valence-electron chi connectivity index (χ3n) is 12.4. The third kappa shape index (κ3) is 5.89. The standard InChI is InChI=1S/C58H39NO2/c1-4-16-38(17-5-1)40-30-32-44(33-31-40)59(52-28-15-27-48-46-25-12-13-29-53(46)60-58(48)52)51-34-35-54-56(55(51)41-20-8-3-9-21-41)50-37-49(45-24-10-11-26-47(45)57(50)61-54)43-23-14-22-42(36-43)39-18-6-2-7-19-39/h1-37,48,58H. The summed E-state index contributed by atoms with van der Waals surface area (Å²) in [5.41, 5.74) is 15.4. The predicted octanol–water partition coefficient (Wildman–Crippen LogP) is 15.5. The molecule has 1 aliphatic heterocycles. The van der Waals surface area contributed by atoms with Crippen LogP contribution >= 0.6 is 0 Å². The van der Waals surface area contributed by atoms with Gasteiger partial charge in [-0.3, -0.25) is 0 Å². The first-order valence-corrected chi connectivity index (χ1v) is 21.0. The molecule has 1 aromatic heterocycles. The molecule has 0 N–H and O–H groups in total. The van der Waals surface area contributed by atoms with Gasteiger partial charge in [0.2, 0.25) is 0 Å². The molecule has 0 bridgehead atoms. The van der Waals surface area contributed by atoms with Crippen LogP contribution in [0, 0.1) is 0 Å². The molecule has 61 heavy (non-hydrogen) atoms. The number of anilines is 2. The van der Waals surface area contributed by atoms with E-state index in [1.54, 1.807) is 0 Å². The number of ether oxygens (including phenoxy) is 1. The number of para-hydroxylation sites is 1. The van der Waals surface area contributed by atoms with E-state index in [2.05, 4.69) is 229 Å². The Kier molecular flexibility index (Phi) is 8.31. The van der Waals surface area contributed by atoms with Gasteiger partial charge in [-0.1, -0.05) is 176 Å². The molecule has 12 rings (SSSR count). The van der Waals surface area contributed by atoms with Crippen molar-refractivity contribution in [3.05, 3.63) is 236 Å². The van der Waals surface area contributed by atoms with Gasteiger partial charge in [-0.15, -0.1) is 0 Å². The lowest BCUT2D eigenvalue weighted by Crippen LogP contribution is -2.33. The van der Waals surface area contributed by atoms with Crippen LogP contribution in [0.5, 0.6) is 5.75 Å². The van der Waals surface area contributed by atoms with Crippen LogP contribution in [0.1, 0.15) is 11.5 Å². The first-order valence-electron chi connectivity index (χ1n) is 21.0. The molecule has 3 heteroatoms. The van der Waals surface area contributed by atoms with Crippen LogP contribution in [0.2, 0.25) is 0 Å². The minimum atomic E-state index is -0.218. The van der Waals surface area contributed by atoms with E-state index in [0.717, 1.165) is 72.2 Å². The fraction of sp³-hybridized carbons (Fsp3) is 0.0345. The summed E-state index contributed by atoms with van der Waals surface area (Å²) in [6, 6.07) is 73.7. The van der Waals surface area contributed by atoms with E-state index in [9.17, 15) is 0 Å². The van der Waals surface area contributed by atoms with Gasteiger partial charge in [0.15, 0.2) is 0 Å². The van der Waals surface area contributed by atoms with Crippen LogP contribution in [0.4, 0.5) is 11.4 Å². The molecule has 3 nitrogen and oxygen atoms in total. The Morgan fingerprint density at radius 1 is 0.459 bits per heavy atom. The van der Waals surface area contributed by atoms with Crippen LogP contribution < -0.4 is 9.64 Å². The molecular weight excluding hydrogens is 743 g/mol. The normalized spacial score (nSPS) is 15.4. The molecule has 1 aliphatic carbocycles. The zero-order chi connectivity index (χ0) is 40.3. The zero-order valence-corrected chi connectivity index (χ0v) is 33.3. The van der Waals surface area contributed by atoms with Gasteiger partial charge in [0, 0.05) is 38.9 Å². The van der Waals surface area contributed by atoms with E-state index in [4.69, 9.17) is 9.15 Å².